The zero-order valence-electron chi connectivity index (χ0n) is 9.61. The first-order valence-electron chi connectivity index (χ1n) is 4.91. The highest BCUT2D eigenvalue weighted by molar-refractivity contribution is 6.04. The molecule has 0 fully saturated rings. The van der Waals surface area contributed by atoms with Crippen molar-refractivity contribution in [3.63, 3.8) is 0 Å². The van der Waals surface area contributed by atoms with Crippen LogP contribution < -0.4 is 10.1 Å². The zero-order chi connectivity index (χ0) is 12.2. The van der Waals surface area contributed by atoms with Crippen LogP contribution in [0.15, 0.2) is 24.3 Å². The van der Waals surface area contributed by atoms with E-state index in [9.17, 15) is 9.59 Å². The highest BCUT2D eigenvalue weighted by Gasteiger charge is 2.26. The molecule has 0 spiro atoms. The van der Waals surface area contributed by atoms with Gasteiger partial charge in [0.15, 0.2) is 0 Å². The third-order valence-corrected chi connectivity index (χ3v) is 2.21. The SMILES string of the molecule is COc1cccc(NC(=O)C(C)(C)C=O)c1. The maximum absolute atomic E-state index is 11.7. The molecule has 86 valence electrons. The molecule has 0 heterocycles. The Morgan fingerprint density at radius 1 is 1.44 bits per heavy atom. The summed E-state index contributed by atoms with van der Waals surface area (Å²) in [5.74, 6) is 0.317. The fourth-order valence-electron chi connectivity index (χ4n) is 1.05. The number of hydrogen-bond acceptors (Lipinski definition) is 3. The van der Waals surface area contributed by atoms with Crippen molar-refractivity contribution in [3.8, 4) is 5.75 Å². The number of aldehydes is 1. The molecule has 0 aliphatic carbocycles. The van der Waals surface area contributed by atoms with E-state index in [0.717, 1.165) is 0 Å². The van der Waals surface area contributed by atoms with Crippen LogP contribution in [0, 0.1) is 5.41 Å². The predicted molar refractivity (Wildman–Crippen MR) is 61.5 cm³/mol. The molecule has 0 saturated carbocycles. The lowest BCUT2D eigenvalue weighted by molar-refractivity contribution is -0.130. The second kappa shape index (κ2) is 4.79. The summed E-state index contributed by atoms with van der Waals surface area (Å²) in [4.78, 5) is 22.4. The number of carbonyl (C=O) groups is 2. The molecular formula is C12H15NO3. The van der Waals surface area contributed by atoms with E-state index in [-0.39, 0.29) is 5.91 Å². The average Bonchev–Trinajstić information content (AvgIpc) is 2.29. The first-order valence-corrected chi connectivity index (χ1v) is 4.91. The van der Waals surface area contributed by atoms with Crippen LogP contribution in [0.5, 0.6) is 5.75 Å². The predicted octanol–water partition coefficient (Wildman–Crippen LogP) is 1.86. The Hall–Kier alpha value is -1.84. The Kier molecular flexibility index (Phi) is 3.66. The molecule has 4 heteroatoms. The standard InChI is InChI=1S/C12H15NO3/c1-12(2,8-14)11(15)13-9-5-4-6-10(7-9)16-3/h4-8H,1-3H3,(H,13,15). The van der Waals surface area contributed by atoms with Gasteiger partial charge in [-0.3, -0.25) is 4.79 Å². The minimum absolute atomic E-state index is 0.337. The third kappa shape index (κ3) is 2.82. The fraction of sp³-hybridized carbons (Fsp3) is 0.333. The van der Waals surface area contributed by atoms with Crippen LogP contribution in [0.3, 0.4) is 0 Å². The van der Waals surface area contributed by atoms with Gasteiger partial charge in [0.25, 0.3) is 0 Å². The van der Waals surface area contributed by atoms with E-state index in [1.165, 1.54) is 0 Å². The average molecular weight is 221 g/mol. The van der Waals surface area contributed by atoms with Crippen molar-refractivity contribution in [1.29, 1.82) is 0 Å². The number of amides is 1. The molecule has 1 amide bonds. The van der Waals surface area contributed by atoms with E-state index >= 15 is 0 Å². The topological polar surface area (TPSA) is 55.4 Å². The Morgan fingerprint density at radius 2 is 2.12 bits per heavy atom. The third-order valence-electron chi connectivity index (χ3n) is 2.21. The van der Waals surface area contributed by atoms with Gasteiger partial charge in [0, 0.05) is 11.8 Å². The number of benzene rings is 1. The highest BCUT2D eigenvalue weighted by atomic mass is 16.5. The van der Waals surface area contributed by atoms with Crippen LogP contribution >= 0.6 is 0 Å². The molecule has 0 saturated heterocycles. The van der Waals surface area contributed by atoms with Gasteiger partial charge in [-0.25, -0.2) is 0 Å². The van der Waals surface area contributed by atoms with Crippen molar-refractivity contribution in [2.24, 2.45) is 5.41 Å². The lowest BCUT2D eigenvalue weighted by Gasteiger charge is -2.16. The van der Waals surface area contributed by atoms with Gasteiger partial charge in [0.1, 0.15) is 12.0 Å². The van der Waals surface area contributed by atoms with Gasteiger partial charge in [-0.2, -0.15) is 0 Å². The summed E-state index contributed by atoms with van der Waals surface area (Å²) in [5.41, 5.74) is -0.414. The number of methoxy groups -OCH3 is 1. The van der Waals surface area contributed by atoms with Gasteiger partial charge in [0.2, 0.25) is 5.91 Å². The minimum Gasteiger partial charge on any atom is -0.497 e. The molecule has 0 aliphatic heterocycles. The number of ether oxygens (including phenoxy) is 1. The lowest BCUT2D eigenvalue weighted by Crippen LogP contribution is -2.31. The normalized spacial score (nSPS) is 10.7. The summed E-state index contributed by atoms with van der Waals surface area (Å²) in [5, 5.41) is 2.66. The summed E-state index contributed by atoms with van der Waals surface area (Å²) in [6.07, 6.45) is 0.627. The van der Waals surface area contributed by atoms with Crippen LogP contribution in [0.4, 0.5) is 5.69 Å². The van der Waals surface area contributed by atoms with E-state index in [1.54, 1.807) is 45.2 Å². The largest absolute Gasteiger partial charge is 0.497 e. The number of carbonyl (C=O) groups excluding carboxylic acids is 2. The molecule has 1 aromatic carbocycles. The fourth-order valence-corrected chi connectivity index (χ4v) is 1.05. The maximum atomic E-state index is 11.7. The number of nitrogens with one attached hydrogen (secondary N) is 1. The van der Waals surface area contributed by atoms with E-state index < -0.39 is 5.41 Å². The monoisotopic (exact) mass is 221 g/mol. The van der Waals surface area contributed by atoms with Gasteiger partial charge in [-0.15, -0.1) is 0 Å². The Bertz CT molecular complexity index is 399. The van der Waals surface area contributed by atoms with E-state index in [2.05, 4.69) is 5.32 Å². The van der Waals surface area contributed by atoms with Crippen LogP contribution in [0.2, 0.25) is 0 Å². The molecule has 0 radical (unpaired) electrons. The molecule has 0 unspecified atom stereocenters. The molecule has 0 aromatic heterocycles. The molecule has 0 atom stereocenters. The van der Waals surface area contributed by atoms with Crippen molar-refractivity contribution < 1.29 is 14.3 Å². The van der Waals surface area contributed by atoms with E-state index in [0.29, 0.717) is 17.7 Å². The van der Waals surface area contributed by atoms with Crippen molar-refractivity contribution in [2.45, 2.75) is 13.8 Å². The minimum atomic E-state index is -1.02. The summed E-state index contributed by atoms with van der Waals surface area (Å²) in [6, 6.07) is 6.98. The highest BCUT2D eigenvalue weighted by Crippen LogP contribution is 2.19. The Morgan fingerprint density at radius 3 is 2.69 bits per heavy atom. The van der Waals surface area contributed by atoms with Crippen LogP contribution in [-0.2, 0) is 9.59 Å². The Balaban J connectivity index is 2.81. The summed E-state index contributed by atoms with van der Waals surface area (Å²) < 4.78 is 5.03. The molecule has 16 heavy (non-hydrogen) atoms. The van der Waals surface area contributed by atoms with Gasteiger partial charge in [-0.05, 0) is 26.0 Å². The summed E-state index contributed by atoms with van der Waals surface area (Å²) >= 11 is 0. The van der Waals surface area contributed by atoms with E-state index in [4.69, 9.17) is 4.74 Å². The second-order valence-electron chi connectivity index (χ2n) is 4.03. The molecule has 4 nitrogen and oxygen atoms in total. The van der Waals surface area contributed by atoms with E-state index in [1.807, 2.05) is 0 Å². The smallest absolute Gasteiger partial charge is 0.237 e. The van der Waals surface area contributed by atoms with Crippen molar-refractivity contribution in [1.82, 2.24) is 0 Å². The molecular weight excluding hydrogens is 206 g/mol. The molecule has 1 rings (SSSR count). The van der Waals surface area contributed by atoms with Crippen molar-refractivity contribution >= 4 is 17.9 Å². The Labute approximate surface area is 94.6 Å². The molecule has 1 N–H and O–H groups in total. The zero-order valence-corrected chi connectivity index (χ0v) is 9.61. The second-order valence-corrected chi connectivity index (χ2v) is 4.03. The number of rotatable bonds is 4. The lowest BCUT2D eigenvalue weighted by atomic mass is 9.94. The molecule has 0 bridgehead atoms. The molecule has 0 aliphatic rings. The van der Waals surface area contributed by atoms with Crippen molar-refractivity contribution in [2.75, 3.05) is 12.4 Å². The van der Waals surface area contributed by atoms with Gasteiger partial charge in [0.05, 0.1) is 12.5 Å². The van der Waals surface area contributed by atoms with Crippen LogP contribution in [0.1, 0.15) is 13.8 Å². The quantitative estimate of drug-likeness (QED) is 0.623. The maximum Gasteiger partial charge on any atom is 0.237 e. The first kappa shape index (κ1) is 12.2. The van der Waals surface area contributed by atoms with Crippen LogP contribution in [0.25, 0.3) is 0 Å². The summed E-state index contributed by atoms with van der Waals surface area (Å²) in [7, 11) is 1.55. The van der Waals surface area contributed by atoms with Gasteiger partial charge in [-0.1, -0.05) is 6.07 Å². The molecule has 1 aromatic rings. The number of hydrogen-bond donors (Lipinski definition) is 1. The van der Waals surface area contributed by atoms with Gasteiger partial charge < -0.3 is 14.8 Å². The number of anilines is 1. The summed E-state index contributed by atoms with van der Waals surface area (Å²) in [6.45, 7) is 3.13. The van der Waals surface area contributed by atoms with Crippen molar-refractivity contribution in [3.05, 3.63) is 24.3 Å². The van der Waals surface area contributed by atoms with Gasteiger partial charge >= 0.3 is 0 Å². The first-order chi connectivity index (χ1) is 7.49. The van der Waals surface area contributed by atoms with Crippen LogP contribution in [-0.4, -0.2) is 19.3 Å².